The van der Waals surface area contributed by atoms with Crippen molar-refractivity contribution < 1.29 is 0 Å². The summed E-state index contributed by atoms with van der Waals surface area (Å²) in [5.41, 5.74) is 1.34. The Kier molecular flexibility index (Phi) is 6.79. The summed E-state index contributed by atoms with van der Waals surface area (Å²) in [4.78, 5) is 6.79. The molecular formula is C17H27IN4. The fourth-order valence-electron chi connectivity index (χ4n) is 2.90. The van der Waals surface area contributed by atoms with Crippen LogP contribution in [0, 0.1) is 11.8 Å². The summed E-state index contributed by atoms with van der Waals surface area (Å²) in [6.07, 6.45) is 4.00. The minimum Gasteiger partial charge on any atom is -0.371 e. The lowest BCUT2D eigenvalue weighted by molar-refractivity contribution is 0.564. The van der Waals surface area contributed by atoms with E-state index in [1.54, 1.807) is 0 Å². The number of hydrogen-bond acceptors (Lipinski definition) is 2. The molecule has 1 aromatic rings. The number of nitrogens with zero attached hydrogens (tertiary/aromatic N) is 2. The predicted octanol–water partition coefficient (Wildman–Crippen LogP) is 2.71. The van der Waals surface area contributed by atoms with Crippen LogP contribution in [0.15, 0.2) is 35.3 Å². The maximum absolute atomic E-state index is 4.31. The van der Waals surface area contributed by atoms with Crippen LogP contribution in [-0.2, 0) is 0 Å². The Hall–Kier alpha value is -0.980. The van der Waals surface area contributed by atoms with Gasteiger partial charge in [0.1, 0.15) is 0 Å². The topological polar surface area (TPSA) is 39.7 Å². The molecule has 0 amide bonds. The summed E-state index contributed by atoms with van der Waals surface area (Å²) in [7, 11) is 1.85. The van der Waals surface area contributed by atoms with Gasteiger partial charge in [0.15, 0.2) is 5.96 Å². The van der Waals surface area contributed by atoms with Crippen LogP contribution in [0.1, 0.15) is 19.3 Å². The van der Waals surface area contributed by atoms with E-state index >= 15 is 0 Å². The van der Waals surface area contributed by atoms with Crippen LogP contribution in [0.4, 0.5) is 5.69 Å². The van der Waals surface area contributed by atoms with Crippen molar-refractivity contribution in [2.45, 2.75) is 19.3 Å². The molecule has 1 saturated heterocycles. The number of anilines is 1. The van der Waals surface area contributed by atoms with Crippen LogP contribution < -0.4 is 15.5 Å². The third-order valence-corrected chi connectivity index (χ3v) is 4.44. The second-order valence-electron chi connectivity index (χ2n) is 6.21. The molecule has 2 fully saturated rings. The van der Waals surface area contributed by atoms with Crippen molar-refractivity contribution in [3.63, 3.8) is 0 Å². The number of benzene rings is 1. The first kappa shape index (κ1) is 17.4. The third-order valence-electron chi connectivity index (χ3n) is 4.44. The Morgan fingerprint density at radius 2 is 1.77 bits per heavy atom. The Balaban J connectivity index is 0.00000176. The van der Waals surface area contributed by atoms with E-state index in [0.29, 0.717) is 5.92 Å². The summed E-state index contributed by atoms with van der Waals surface area (Å²) in [5.74, 6) is 2.54. The summed E-state index contributed by atoms with van der Waals surface area (Å²) in [6, 6.07) is 10.7. The van der Waals surface area contributed by atoms with Crippen molar-refractivity contribution in [2.75, 3.05) is 38.1 Å². The molecule has 22 heavy (non-hydrogen) atoms. The SMILES string of the molecule is CN=C(NCC1CC1)NCC1CCN(c2ccccc2)C1.I. The first-order chi connectivity index (χ1) is 10.3. The summed E-state index contributed by atoms with van der Waals surface area (Å²) in [6.45, 7) is 4.37. The number of para-hydroxylation sites is 1. The van der Waals surface area contributed by atoms with Gasteiger partial charge in [-0.05, 0) is 43.2 Å². The van der Waals surface area contributed by atoms with Gasteiger partial charge in [0, 0.05) is 38.9 Å². The highest BCUT2D eigenvalue weighted by Crippen LogP contribution is 2.27. The number of halogens is 1. The van der Waals surface area contributed by atoms with Crippen molar-refractivity contribution >= 4 is 35.6 Å². The lowest BCUT2D eigenvalue weighted by Crippen LogP contribution is -2.41. The molecule has 4 nitrogen and oxygen atoms in total. The quantitative estimate of drug-likeness (QED) is 0.442. The first-order valence-corrected chi connectivity index (χ1v) is 8.09. The standard InChI is InChI=1S/C17H26N4.HI/c1-18-17(19-11-14-7-8-14)20-12-15-9-10-21(13-15)16-5-3-2-4-6-16;/h2-6,14-15H,7-13H2,1H3,(H2,18,19,20);1H. The zero-order valence-corrected chi connectivity index (χ0v) is 15.6. The van der Waals surface area contributed by atoms with Crippen molar-refractivity contribution in [2.24, 2.45) is 16.8 Å². The molecule has 1 aliphatic carbocycles. The molecule has 1 aliphatic heterocycles. The molecule has 1 atom stereocenters. The molecule has 0 aromatic heterocycles. The Morgan fingerprint density at radius 3 is 2.41 bits per heavy atom. The molecular weight excluding hydrogens is 387 g/mol. The van der Waals surface area contributed by atoms with E-state index in [2.05, 4.69) is 50.9 Å². The average molecular weight is 414 g/mol. The number of guanidine groups is 1. The summed E-state index contributed by atoms with van der Waals surface area (Å²) in [5, 5.41) is 6.90. The summed E-state index contributed by atoms with van der Waals surface area (Å²) >= 11 is 0. The minimum atomic E-state index is 0. The second kappa shape index (κ2) is 8.60. The zero-order chi connectivity index (χ0) is 14.5. The molecule has 1 aromatic carbocycles. The van der Waals surface area contributed by atoms with Crippen LogP contribution in [-0.4, -0.2) is 39.2 Å². The lowest BCUT2D eigenvalue weighted by atomic mass is 10.1. The maximum Gasteiger partial charge on any atom is 0.190 e. The van der Waals surface area contributed by atoms with Crippen molar-refractivity contribution in [1.82, 2.24) is 10.6 Å². The highest BCUT2D eigenvalue weighted by atomic mass is 127. The van der Waals surface area contributed by atoms with Gasteiger partial charge in [0.25, 0.3) is 0 Å². The van der Waals surface area contributed by atoms with Gasteiger partial charge in [-0.2, -0.15) is 0 Å². The smallest absolute Gasteiger partial charge is 0.190 e. The monoisotopic (exact) mass is 414 g/mol. The summed E-state index contributed by atoms with van der Waals surface area (Å²) < 4.78 is 0. The molecule has 122 valence electrons. The molecule has 0 bridgehead atoms. The van der Waals surface area contributed by atoms with E-state index in [9.17, 15) is 0 Å². The number of nitrogens with one attached hydrogen (secondary N) is 2. The molecule has 1 unspecified atom stereocenters. The minimum absolute atomic E-state index is 0. The van der Waals surface area contributed by atoms with Gasteiger partial charge in [-0.25, -0.2) is 0 Å². The average Bonchev–Trinajstić information content (AvgIpc) is 3.24. The van der Waals surface area contributed by atoms with E-state index in [-0.39, 0.29) is 24.0 Å². The molecule has 2 aliphatic rings. The van der Waals surface area contributed by atoms with E-state index in [4.69, 9.17) is 0 Å². The van der Waals surface area contributed by atoms with Crippen molar-refractivity contribution in [3.05, 3.63) is 30.3 Å². The second-order valence-corrected chi connectivity index (χ2v) is 6.21. The molecule has 5 heteroatoms. The lowest BCUT2D eigenvalue weighted by Gasteiger charge is -2.19. The van der Waals surface area contributed by atoms with Gasteiger partial charge in [-0.15, -0.1) is 24.0 Å². The molecule has 0 radical (unpaired) electrons. The van der Waals surface area contributed by atoms with E-state index < -0.39 is 0 Å². The normalized spacial score (nSPS) is 21.4. The Morgan fingerprint density at radius 1 is 1.09 bits per heavy atom. The molecule has 1 heterocycles. The van der Waals surface area contributed by atoms with Crippen LogP contribution in [0.2, 0.25) is 0 Å². The molecule has 3 rings (SSSR count). The number of rotatable bonds is 5. The van der Waals surface area contributed by atoms with Gasteiger partial charge >= 0.3 is 0 Å². The van der Waals surface area contributed by atoms with E-state index in [0.717, 1.165) is 38.1 Å². The van der Waals surface area contributed by atoms with E-state index in [1.165, 1.54) is 24.9 Å². The van der Waals surface area contributed by atoms with Crippen molar-refractivity contribution in [1.29, 1.82) is 0 Å². The highest BCUT2D eigenvalue weighted by Gasteiger charge is 2.23. The molecule has 1 saturated carbocycles. The maximum atomic E-state index is 4.31. The van der Waals surface area contributed by atoms with Crippen LogP contribution in [0.3, 0.4) is 0 Å². The van der Waals surface area contributed by atoms with Gasteiger partial charge in [-0.3, -0.25) is 4.99 Å². The number of aliphatic imine (C=N–C) groups is 1. The van der Waals surface area contributed by atoms with Crippen LogP contribution in [0.5, 0.6) is 0 Å². The van der Waals surface area contributed by atoms with Crippen LogP contribution >= 0.6 is 24.0 Å². The molecule has 0 spiro atoms. The van der Waals surface area contributed by atoms with E-state index in [1.807, 2.05) is 7.05 Å². The predicted molar refractivity (Wildman–Crippen MR) is 104 cm³/mol. The van der Waals surface area contributed by atoms with Gasteiger partial charge < -0.3 is 15.5 Å². The largest absolute Gasteiger partial charge is 0.371 e. The van der Waals surface area contributed by atoms with Gasteiger partial charge in [0.2, 0.25) is 0 Å². The molecule has 2 N–H and O–H groups in total. The van der Waals surface area contributed by atoms with Gasteiger partial charge in [0.05, 0.1) is 0 Å². The van der Waals surface area contributed by atoms with Crippen LogP contribution in [0.25, 0.3) is 0 Å². The van der Waals surface area contributed by atoms with Gasteiger partial charge in [-0.1, -0.05) is 18.2 Å². The zero-order valence-electron chi connectivity index (χ0n) is 13.3. The Bertz CT molecular complexity index is 473. The van der Waals surface area contributed by atoms with Crippen molar-refractivity contribution in [3.8, 4) is 0 Å². The first-order valence-electron chi connectivity index (χ1n) is 8.09. The number of hydrogen-bond donors (Lipinski definition) is 2. The Labute approximate surface area is 150 Å². The fourth-order valence-corrected chi connectivity index (χ4v) is 2.90. The highest BCUT2D eigenvalue weighted by molar-refractivity contribution is 14.0. The third kappa shape index (κ3) is 5.04. The fraction of sp³-hybridized carbons (Fsp3) is 0.588.